The SMILES string of the molecule is COC(=O)NC(=O)c1c(NC(=O)c2ccccc2F)sc(C)c1C. The van der Waals surface area contributed by atoms with Crippen LogP contribution in [0.3, 0.4) is 0 Å². The highest BCUT2D eigenvalue weighted by Crippen LogP contribution is 2.32. The summed E-state index contributed by atoms with van der Waals surface area (Å²) in [6.07, 6.45) is -0.908. The van der Waals surface area contributed by atoms with E-state index < -0.39 is 23.7 Å². The van der Waals surface area contributed by atoms with Crippen molar-refractivity contribution in [1.29, 1.82) is 0 Å². The van der Waals surface area contributed by atoms with E-state index in [9.17, 15) is 18.8 Å². The monoisotopic (exact) mass is 350 g/mol. The van der Waals surface area contributed by atoms with Gasteiger partial charge < -0.3 is 10.1 Å². The molecule has 0 radical (unpaired) electrons. The third kappa shape index (κ3) is 3.60. The van der Waals surface area contributed by atoms with Crippen LogP contribution in [0.4, 0.5) is 14.2 Å². The smallest absolute Gasteiger partial charge is 0.413 e. The molecule has 2 aromatic rings. The average molecular weight is 350 g/mol. The summed E-state index contributed by atoms with van der Waals surface area (Å²) in [5, 5.41) is 4.81. The molecule has 2 rings (SSSR count). The van der Waals surface area contributed by atoms with E-state index in [0.29, 0.717) is 5.56 Å². The first-order chi connectivity index (χ1) is 11.3. The van der Waals surface area contributed by atoms with Crippen molar-refractivity contribution in [3.8, 4) is 0 Å². The van der Waals surface area contributed by atoms with Crippen LogP contribution < -0.4 is 10.6 Å². The van der Waals surface area contributed by atoms with Gasteiger partial charge in [0.15, 0.2) is 0 Å². The van der Waals surface area contributed by atoms with Gasteiger partial charge in [-0.25, -0.2) is 9.18 Å². The van der Waals surface area contributed by atoms with Crippen molar-refractivity contribution in [3.63, 3.8) is 0 Å². The molecule has 0 bridgehead atoms. The van der Waals surface area contributed by atoms with Crippen LogP contribution in [0, 0.1) is 19.7 Å². The molecule has 1 aromatic heterocycles. The molecule has 0 unspecified atom stereocenters. The lowest BCUT2D eigenvalue weighted by molar-refractivity contribution is 0.0937. The zero-order valence-electron chi connectivity index (χ0n) is 13.2. The van der Waals surface area contributed by atoms with Crippen molar-refractivity contribution in [3.05, 3.63) is 51.7 Å². The molecule has 126 valence electrons. The fourth-order valence-corrected chi connectivity index (χ4v) is 3.06. The minimum atomic E-state index is -0.908. The summed E-state index contributed by atoms with van der Waals surface area (Å²) in [4.78, 5) is 36.5. The second-order valence-electron chi connectivity index (χ2n) is 4.87. The Labute approximate surface area is 141 Å². The molecule has 3 amide bonds. The number of hydrogen-bond donors (Lipinski definition) is 2. The Morgan fingerprint density at radius 2 is 1.79 bits per heavy atom. The summed E-state index contributed by atoms with van der Waals surface area (Å²) in [6.45, 7) is 3.46. The van der Waals surface area contributed by atoms with Gasteiger partial charge in [0.05, 0.1) is 18.2 Å². The number of thiophene rings is 1. The van der Waals surface area contributed by atoms with Crippen LogP contribution in [0.5, 0.6) is 0 Å². The molecule has 0 aliphatic rings. The average Bonchev–Trinajstić information content (AvgIpc) is 2.81. The summed E-state index contributed by atoms with van der Waals surface area (Å²) >= 11 is 1.17. The first-order valence-corrected chi connectivity index (χ1v) is 7.72. The molecule has 0 saturated heterocycles. The van der Waals surface area contributed by atoms with Gasteiger partial charge >= 0.3 is 6.09 Å². The fourth-order valence-electron chi connectivity index (χ4n) is 2.01. The zero-order chi connectivity index (χ0) is 17.9. The lowest BCUT2D eigenvalue weighted by atomic mass is 10.1. The molecule has 0 fully saturated rings. The van der Waals surface area contributed by atoms with Crippen LogP contribution in [0.2, 0.25) is 0 Å². The van der Waals surface area contributed by atoms with Gasteiger partial charge in [-0.1, -0.05) is 12.1 Å². The highest BCUT2D eigenvalue weighted by Gasteiger charge is 2.23. The number of carbonyl (C=O) groups is 3. The molecule has 1 aromatic carbocycles. The quantitative estimate of drug-likeness (QED) is 0.890. The maximum atomic E-state index is 13.7. The standard InChI is InChI=1S/C16H15FN2O4S/c1-8-9(2)24-15(12(8)14(21)19-16(22)23-3)18-13(20)10-6-4-5-7-11(10)17/h4-7H,1-3H3,(H,18,20)(H,19,21,22). The Morgan fingerprint density at radius 3 is 2.42 bits per heavy atom. The van der Waals surface area contributed by atoms with E-state index in [2.05, 4.69) is 10.1 Å². The first kappa shape index (κ1) is 17.6. The maximum Gasteiger partial charge on any atom is 0.413 e. The molecular weight excluding hydrogens is 335 g/mol. The molecule has 24 heavy (non-hydrogen) atoms. The maximum absolute atomic E-state index is 13.7. The number of alkyl carbamates (subject to hydrolysis) is 1. The highest BCUT2D eigenvalue weighted by molar-refractivity contribution is 7.16. The summed E-state index contributed by atoms with van der Waals surface area (Å²) in [5.41, 5.74) is 0.623. The minimum Gasteiger partial charge on any atom is -0.453 e. The summed E-state index contributed by atoms with van der Waals surface area (Å²) in [5.74, 6) is -2.05. The molecule has 0 aliphatic heterocycles. The Hall–Kier alpha value is -2.74. The molecule has 6 nitrogen and oxygen atoms in total. The number of rotatable bonds is 3. The third-order valence-electron chi connectivity index (χ3n) is 3.36. The van der Waals surface area contributed by atoms with Gasteiger partial charge in [-0.05, 0) is 31.5 Å². The predicted molar refractivity (Wildman–Crippen MR) is 88.0 cm³/mol. The Kier molecular flexibility index (Phi) is 5.30. The van der Waals surface area contributed by atoms with Gasteiger partial charge in [-0.2, -0.15) is 0 Å². The minimum absolute atomic E-state index is 0.138. The summed E-state index contributed by atoms with van der Waals surface area (Å²) in [7, 11) is 1.13. The molecule has 0 atom stereocenters. The summed E-state index contributed by atoms with van der Waals surface area (Å²) in [6, 6.07) is 5.52. The first-order valence-electron chi connectivity index (χ1n) is 6.90. The number of nitrogens with one attached hydrogen (secondary N) is 2. The van der Waals surface area contributed by atoms with E-state index >= 15 is 0 Å². The van der Waals surface area contributed by atoms with Crippen molar-refractivity contribution >= 4 is 34.2 Å². The van der Waals surface area contributed by atoms with Crippen LogP contribution in [-0.4, -0.2) is 25.0 Å². The van der Waals surface area contributed by atoms with Gasteiger partial charge in [0, 0.05) is 4.88 Å². The van der Waals surface area contributed by atoms with E-state index in [0.717, 1.165) is 12.0 Å². The number of ether oxygens (including phenoxy) is 1. The number of amides is 3. The molecular formula is C16H15FN2O4S. The van der Waals surface area contributed by atoms with Crippen molar-refractivity contribution in [2.75, 3.05) is 12.4 Å². The predicted octanol–water partition coefficient (Wildman–Crippen LogP) is 3.25. The van der Waals surface area contributed by atoms with Crippen molar-refractivity contribution < 1.29 is 23.5 Å². The molecule has 2 N–H and O–H groups in total. The van der Waals surface area contributed by atoms with Gasteiger partial charge in [0.25, 0.3) is 11.8 Å². The van der Waals surface area contributed by atoms with Crippen LogP contribution >= 0.6 is 11.3 Å². The lowest BCUT2D eigenvalue weighted by Crippen LogP contribution is -2.31. The number of carbonyl (C=O) groups excluding carboxylic acids is 3. The Balaban J connectivity index is 2.33. The van der Waals surface area contributed by atoms with E-state index in [-0.39, 0.29) is 16.1 Å². The van der Waals surface area contributed by atoms with Crippen molar-refractivity contribution in [2.24, 2.45) is 0 Å². The second kappa shape index (κ2) is 7.22. The number of hydrogen-bond acceptors (Lipinski definition) is 5. The Bertz CT molecular complexity index is 816. The Morgan fingerprint density at radius 1 is 1.12 bits per heavy atom. The van der Waals surface area contributed by atoms with E-state index in [4.69, 9.17) is 0 Å². The number of anilines is 1. The summed E-state index contributed by atoms with van der Waals surface area (Å²) < 4.78 is 18.1. The number of imide groups is 1. The molecule has 8 heteroatoms. The number of aryl methyl sites for hydroxylation is 1. The van der Waals surface area contributed by atoms with E-state index in [1.807, 2.05) is 5.32 Å². The van der Waals surface area contributed by atoms with Crippen LogP contribution in [0.15, 0.2) is 24.3 Å². The number of methoxy groups -OCH3 is 1. The largest absolute Gasteiger partial charge is 0.453 e. The third-order valence-corrected chi connectivity index (χ3v) is 4.48. The van der Waals surface area contributed by atoms with E-state index in [1.165, 1.54) is 35.6 Å². The van der Waals surface area contributed by atoms with E-state index in [1.54, 1.807) is 13.8 Å². The zero-order valence-corrected chi connectivity index (χ0v) is 14.0. The second-order valence-corrected chi connectivity index (χ2v) is 6.09. The lowest BCUT2D eigenvalue weighted by Gasteiger charge is -2.08. The fraction of sp³-hybridized carbons (Fsp3) is 0.188. The van der Waals surface area contributed by atoms with Gasteiger partial charge in [0.1, 0.15) is 10.8 Å². The van der Waals surface area contributed by atoms with Gasteiger partial charge in [0.2, 0.25) is 0 Å². The van der Waals surface area contributed by atoms with Crippen molar-refractivity contribution in [2.45, 2.75) is 13.8 Å². The molecule has 1 heterocycles. The van der Waals surface area contributed by atoms with Crippen LogP contribution in [-0.2, 0) is 4.74 Å². The molecule has 0 aliphatic carbocycles. The van der Waals surface area contributed by atoms with Gasteiger partial charge in [-0.15, -0.1) is 11.3 Å². The number of benzene rings is 1. The molecule has 0 saturated carbocycles. The van der Waals surface area contributed by atoms with Crippen LogP contribution in [0.1, 0.15) is 31.2 Å². The normalized spacial score (nSPS) is 10.2. The van der Waals surface area contributed by atoms with Crippen molar-refractivity contribution in [1.82, 2.24) is 5.32 Å². The molecule has 0 spiro atoms. The van der Waals surface area contributed by atoms with Crippen LogP contribution in [0.25, 0.3) is 0 Å². The topological polar surface area (TPSA) is 84.5 Å². The van der Waals surface area contributed by atoms with Gasteiger partial charge in [-0.3, -0.25) is 14.9 Å². The highest BCUT2D eigenvalue weighted by atomic mass is 32.1. The number of halogens is 1.